The number of carbonyl (C=O) groups excluding carboxylic acids is 1. The van der Waals surface area contributed by atoms with Crippen LogP contribution in [0.1, 0.15) is 18.9 Å². The number of carbonyl (C=O) groups is 2. The van der Waals surface area contributed by atoms with Gasteiger partial charge in [-0.15, -0.1) is 0 Å². The van der Waals surface area contributed by atoms with E-state index in [0.29, 0.717) is 29.4 Å². The standard InChI is InChI=1S/C16H23NO6/c1-10(5-15(19)20)9-17-14(18)8-11-6-12(21-2)16(23-4)13(7-11)22-3/h6-7,10H,5,8-9H2,1-4H3,(H,17,18)(H,19,20). The van der Waals surface area contributed by atoms with Gasteiger partial charge in [0.15, 0.2) is 11.5 Å². The highest BCUT2D eigenvalue weighted by Gasteiger charge is 2.15. The topological polar surface area (TPSA) is 94.1 Å². The lowest BCUT2D eigenvalue weighted by Crippen LogP contribution is -2.30. The van der Waals surface area contributed by atoms with E-state index in [9.17, 15) is 9.59 Å². The largest absolute Gasteiger partial charge is 0.493 e. The quantitative estimate of drug-likeness (QED) is 0.714. The summed E-state index contributed by atoms with van der Waals surface area (Å²) in [4.78, 5) is 22.6. The fourth-order valence-electron chi connectivity index (χ4n) is 2.14. The molecule has 1 aromatic carbocycles. The Kier molecular flexibility index (Phi) is 7.18. The molecule has 1 rings (SSSR count). The Morgan fingerprint density at radius 1 is 1.13 bits per heavy atom. The lowest BCUT2D eigenvalue weighted by molar-refractivity contribution is -0.138. The second-order valence-corrected chi connectivity index (χ2v) is 5.22. The molecule has 0 aliphatic heterocycles. The lowest BCUT2D eigenvalue weighted by atomic mass is 10.1. The molecule has 7 heteroatoms. The van der Waals surface area contributed by atoms with Gasteiger partial charge in [0.25, 0.3) is 0 Å². The van der Waals surface area contributed by atoms with Gasteiger partial charge in [-0.25, -0.2) is 0 Å². The summed E-state index contributed by atoms with van der Waals surface area (Å²) in [7, 11) is 4.53. The van der Waals surface area contributed by atoms with E-state index in [4.69, 9.17) is 19.3 Å². The molecule has 7 nitrogen and oxygen atoms in total. The van der Waals surface area contributed by atoms with E-state index in [2.05, 4.69) is 5.32 Å². The highest BCUT2D eigenvalue weighted by atomic mass is 16.5. The number of rotatable bonds is 9. The molecule has 1 atom stereocenters. The van der Waals surface area contributed by atoms with Crippen LogP contribution in [0.2, 0.25) is 0 Å². The predicted molar refractivity (Wildman–Crippen MR) is 84.2 cm³/mol. The van der Waals surface area contributed by atoms with Crippen LogP contribution in [0.25, 0.3) is 0 Å². The van der Waals surface area contributed by atoms with E-state index in [1.807, 2.05) is 0 Å². The molecule has 0 saturated carbocycles. The van der Waals surface area contributed by atoms with E-state index in [1.165, 1.54) is 21.3 Å². The summed E-state index contributed by atoms with van der Waals surface area (Å²) in [5.41, 5.74) is 0.711. The number of hydrogen-bond donors (Lipinski definition) is 2. The predicted octanol–water partition coefficient (Wildman–Crippen LogP) is 1.48. The smallest absolute Gasteiger partial charge is 0.303 e. The molecule has 0 bridgehead atoms. The van der Waals surface area contributed by atoms with E-state index in [0.717, 1.165) is 0 Å². The second kappa shape index (κ2) is 8.87. The summed E-state index contributed by atoms with van der Waals surface area (Å²) in [6, 6.07) is 3.42. The fraction of sp³-hybridized carbons (Fsp3) is 0.500. The van der Waals surface area contributed by atoms with Crippen LogP contribution < -0.4 is 19.5 Å². The van der Waals surface area contributed by atoms with Crippen molar-refractivity contribution in [2.24, 2.45) is 5.92 Å². The van der Waals surface area contributed by atoms with Crippen LogP contribution >= 0.6 is 0 Å². The van der Waals surface area contributed by atoms with Gasteiger partial charge in [0.2, 0.25) is 11.7 Å². The Morgan fingerprint density at radius 3 is 2.13 bits per heavy atom. The summed E-state index contributed by atoms with van der Waals surface area (Å²) in [6.45, 7) is 2.09. The van der Waals surface area contributed by atoms with Crippen molar-refractivity contribution in [3.63, 3.8) is 0 Å². The third-order valence-corrected chi connectivity index (χ3v) is 3.26. The Balaban J connectivity index is 2.73. The van der Waals surface area contributed by atoms with Crippen molar-refractivity contribution in [1.82, 2.24) is 5.32 Å². The summed E-state index contributed by atoms with van der Waals surface area (Å²) in [5, 5.41) is 11.4. The van der Waals surface area contributed by atoms with Gasteiger partial charge in [-0.3, -0.25) is 9.59 Å². The first-order valence-corrected chi connectivity index (χ1v) is 7.18. The van der Waals surface area contributed by atoms with Crippen LogP contribution in [0.5, 0.6) is 17.2 Å². The minimum Gasteiger partial charge on any atom is -0.493 e. The van der Waals surface area contributed by atoms with Gasteiger partial charge in [-0.2, -0.15) is 0 Å². The molecule has 0 heterocycles. The van der Waals surface area contributed by atoms with Crippen LogP contribution in [0.3, 0.4) is 0 Å². The number of benzene rings is 1. The molecule has 2 N–H and O–H groups in total. The third-order valence-electron chi connectivity index (χ3n) is 3.26. The van der Waals surface area contributed by atoms with Crippen molar-refractivity contribution >= 4 is 11.9 Å². The molecule has 0 fully saturated rings. The maximum atomic E-state index is 12.0. The third kappa shape index (κ3) is 5.69. The zero-order valence-corrected chi connectivity index (χ0v) is 13.8. The number of carboxylic acid groups (broad SMARTS) is 1. The fourth-order valence-corrected chi connectivity index (χ4v) is 2.14. The van der Waals surface area contributed by atoms with Crippen LogP contribution in [-0.4, -0.2) is 44.9 Å². The second-order valence-electron chi connectivity index (χ2n) is 5.22. The average molecular weight is 325 g/mol. The minimum atomic E-state index is -0.878. The summed E-state index contributed by atoms with van der Waals surface area (Å²) in [5.74, 6) is 0.223. The van der Waals surface area contributed by atoms with Gasteiger partial charge in [0.05, 0.1) is 27.8 Å². The number of methoxy groups -OCH3 is 3. The maximum Gasteiger partial charge on any atom is 0.303 e. The van der Waals surface area contributed by atoms with Crippen molar-refractivity contribution in [3.05, 3.63) is 17.7 Å². The van der Waals surface area contributed by atoms with E-state index >= 15 is 0 Å². The molecule has 1 aromatic rings. The van der Waals surface area contributed by atoms with Crippen LogP contribution in [-0.2, 0) is 16.0 Å². The first kappa shape index (κ1) is 18.6. The van der Waals surface area contributed by atoms with E-state index in [-0.39, 0.29) is 24.7 Å². The molecule has 23 heavy (non-hydrogen) atoms. The summed E-state index contributed by atoms with van der Waals surface area (Å²) < 4.78 is 15.7. The zero-order chi connectivity index (χ0) is 17.4. The molecular formula is C16H23NO6. The van der Waals surface area contributed by atoms with E-state index < -0.39 is 5.97 Å². The Hall–Kier alpha value is -2.44. The van der Waals surface area contributed by atoms with Gasteiger partial charge in [-0.05, 0) is 23.6 Å². The van der Waals surface area contributed by atoms with Gasteiger partial charge in [-0.1, -0.05) is 6.92 Å². The van der Waals surface area contributed by atoms with Gasteiger partial charge < -0.3 is 24.6 Å². The molecule has 0 radical (unpaired) electrons. The number of amides is 1. The van der Waals surface area contributed by atoms with Crippen LogP contribution in [0.4, 0.5) is 0 Å². The van der Waals surface area contributed by atoms with Crippen molar-refractivity contribution in [1.29, 1.82) is 0 Å². The molecular weight excluding hydrogens is 302 g/mol. The van der Waals surface area contributed by atoms with Crippen LogP contribution in [0.15, 0.2) is 12.1 Å². The number of hydrogen-bond acceptors (Lipinski definition) is 5. The van der Waals surface area contributed by atoms with Crippen molar-refractivity contribution in [2.45, 2.75) is 19.8 Å². The van der Waals surface area contributed by atoms with Crippen molar-refractivity contribution in [3.8, 4) is 17.2 Å². The minimum absolute atomic E-state index is 0.0183. The Bertz CT molecular complexity index is 532. The Labute approximate surface area is 135 Å². The zero-order valence-electron chi connectivity index (χ0n) is 13.8. The number of carboxylic acids is 1. The molecule has 0 saturated heterocycles. The lowest BCUT2D eigenvalue weighted by Gasteiger charge is -2.14. The molecule has 1 unspecified atom stereocenters. The van der Waals surface area contributed by atoms with Crippen molar-refractivity contribution < 1.29 is 28.9 Å². The highest BCUT2D eigenvalue weighted by Crippen LogP contribution is 2.38. The number of ether oxygens (including phenoxy) is 3. The molecule has 0 spiro atoms. The molecule has 0 aromatic heterocycles. The van der Waals surface area contributed by atoms with Gasteiger partial charge >= 0.3 is 5.97 Å². The van der Waals surface area contributed by atoms with E-state index in [1.54, 1.807) is 19.1 Å². The van der Waals surface area contributed by atoms with Crippen LogP contribution in [0, 0.1) is 5.92 Å². The average Bonchev–Trinajstić information content (AvgIpc) is 2.51. The Morgan fingerprint density at radius 2 is 1.70 bits per heavy atom. The summed E-state index contributed by atoms with van der Waals surface area (Å²) in [6.07, 6.45) is 0.154. The SMILES string of the molecule is COc1cc(CC(=O)NCC(C)CC(=O)O)cc(OC)c1OC. The van der Waals surface area contributed by atoms with Crippen molar-refractivity contribution in [2.75, 3.05) is 27.9 Å². The molecule has 0 aliphatic carbocycles. The first-order chi connectivity index (χ1) is 10.9. The highest BCUT2D eigenvalue weighted by molar-refractivity contribution is 5.79. The summed E-state index contributed by atoms with van der Waals surface area (Å²) >= 11 is 0. The number of nitrogens with one attached hydrogen (secondary N) is 1. The normalized spacial score (nSPS) is 11.5. The molecule has 128 valence electrons. The molecule has 1 amide bonds. The van der Waals surface area contributed by atoms with Gasteiger partial charge in [0.1, 0.15) is 0 Å². The monoisotopic (exact) mass is 325 g/mol. The maximum absolute atomic E-state index is 12.0. The molecule has 0 aliphatic rings. The first-order valence-electron chi connectivity index (χ1n) is 7.18. The van der Waals surface area contributed by atoms with Gasteiger partial charge in [0, 0.05) is 13.0 Å². The number of aliphatic carboxylic acids is 1.